The van der Waals surface area contributed by atoms with Crippen molar-refractivity contribution in [1.82, 2.24) is 4.90 Å². The van der Waals surface area contributed by atoms with Crippen LogP contribution >= 0.6 is 0 Å². The molecule has 0 atom stereocenters. The third kappa shape index (κ3) is 3.84. The fourth-order valence-corrected chi connectivity index (χ4v) is 1.91. The highest BCUT2D eigenvalue weighted by Crippen LogP contribution is 2.37. The SMILES string of the molecule is CC.CC(=O)N1CCC(C)(C(C)C)CC1. The number of hydrogen-bond donors (Lipinski definition) is 0. The lowest BCUT2D eigenvalue weighted by Gasteiger charge is -2.41. The molecule has 15 heavy (non-hydrogen) atoms. The smallest absolute Gasteiger partial charge is 0.219 e. The highest BCUT2D eigenvalue weighted by atomic mass is 16.2. The highest BCUT2D eigenvalue weighted by Gasteiger charge is 2.33. The van der Waals surface area contributed by atoms with Crippen LogP contribution in [-0.4, -0.2) is 23.9 Å². The predicted octanol–water partition coefficient (Wildman–Crippen LogP) is 3.32. The Balaban J connectivity index is 0.000000921. The van der Waals surface area contributed by atoms with Gasteiger partial charge in [-0.2, -0.15) is 0 Å². The summed E-state index contributed by atoms with van der Waals surface area (Å²) in [6.45, 7) is 14.5. The number of amides is 1. The minimum Gasteiger partial charge on any atom is -0.343 e. The average Bonchev–Trinajstić information content (AvgIpc) is 2.21. The summed E-state index contributed by atoms with van der Waals surface area (Å²) < 4.78 is 0. The van der Waals surface area contributed by atoms with Crippen LogP contribution in [0.15, 0.2) is 0 Å². The van der Waals surface area contributed by atoms with Gasteiger partial charge in [0.15, 0.2) is 0 Å². The summed E-state index contributed by atoms with van der Waals surface area (Å²) in [7, 11) is 0. The van der Waals surface area contributed by atoms with Crippen molar-refractivity contribution < 1.29 is 4.79 Å². The molecule has 2 nitrogen and oxygen atoms in total. The molecule has 0 radical (unpaired) electrons. The Morgan fingerprint density at radius 1 is 1.20 bits per heavy atom. The lowest BCUT2D eigenvalue weighted by Crippen LogP contribution is -2.43. The molecule has 0 spiro atoms. The fourth-order valence-electron chi connectivity index (χ4n) is 1.91. The average molecular weight is 213 g/mol. The highest BCUT2D eigenvalue weighted by molar-refractivity contribution is 5.73. The van der Waals surface area contributed by atoms with Crippen LogP contribution in [0.1, 0.15) is 54.4 Å². The summed E-state index contributed by atoms with van der Waals surface area (Å²) in [4.78, 5) is 13.1. The first-order valence-electron chi connectivity index (χ1n) is 6.21. The molecule has 0 saturated carbocycles. The van der Waals surface area contributed by atoms with Crippen LogP contribution < -0.4 is 0 Å². The number of likely N-dealkylation sites (tertiary alicyclic amines) is 1. The molecule has 0 unspecified atom stereocenters. The van der Waals surface area contributed by atoms with Crippen LogP contribution in [0.4, 0.5) is 0 Å². The summed E-state index contributed by atoms with van der Waals surface area (Å²) in [5, 5.41) is 0. The Morgan fingerprint density at radius 2 is 1.60 bits per heavy atom. The third-order valence-corrected chi connectivity index (χ3v) is 3.74. The molecule has 0 aromatic rings. The van der Waals surface area contributed by atoms with E-state index in [-0.39, 0.29) is 5.91 Å². The molecule has 1 heterocycles. The molecule has 1 aliphatic rings. The van der Waals surface area contributed by atoms with Crippen molar-refractivity contribution in [2.75, 3.05) is 13.1 Å². The molecular formula is C13H27NO. The summed E-state index contributed by atoms with van der Waals surface area (Å²) in [5.74, 6) is 0.951. The lowest BCUT2D eigenvalue weighted by atomic mass is 9.72. The van der Waals surface area contributed by atoms with Crippen LogP contribution in [0.2, 0.25) is 0 Å². The Labute approximate surface area is 95.0 Å². The van der Waals surface area contributed by atoms with Gasteiger partial charge in [-0.25, -0.2) is 0 Å². The molecule has 1 saturated heterocycles. The van der Waals surface area contributed by atoms with Crippen molar-refractivity contribution in [2.45, 2.75) is 54.4 Å². The molecular weight excluding hydrogens is 186 g/mol. The van der Waals surface area contributed by atoms with E-state index in [4.69, 9.17) is 0 Å². The number of rotatable bonds is 1. The maximum Gasteiger partial charge on any atom is 0.219 e. The van der Waals surface area contributed by atoms with E-state index in [9.17, 15) is 4.79 Å². The Bertz CT molecular complexity index is 191. The van der Waals surface area contributed by atoms with Gasteiger partial charge in [0.1, 0.15) is 0 Å². The first-order chi connectivity index (χ1) is 6.96. The van der Waals surface area contributed by atoms with E-state index in [0.29, 0.717) is 5.41 Å². The van der Waals surface area contributed by atoms with E-state index >= 15 is 0 Å². The van der Waals surface area contributed by atoms with Gasteiger partial charge in [0.25, 0.3) is 0 Å². The second-order valence-corrected chi connectivity index (χ2v) is 4.81. The summed E-state index contributed by atoms with van der Waals surface area (Å²) in [5.41, 5.74) is 0.450. The molecule has 0 aromatic heterocycles. The molecule has 1 aliphatic heterocycles. The molecule has 1 amide bonds. The zero-order valence-corrected chi connectivity index (χ0v) is 11.3. The van der Waals surface area contributed by atoms with Gasteiger partial charge in [0.2, 0.25) is 5.91 Å². The third-order valence-electron chi connectivity index (χ3n) is 3.74. The normalized spacial score (nSPS) is 19.5. The maximum atomic E-state index is 11.1. The number of nitrogens with zero attached hydrogens (tertiary/aromatic N) is 1. The van der Waals surface area contributed by atoms with E-state index in [1.54, 1.807) is 6.92 Å². The van der Waals surface area contributed by atoms with Crippen molar-refractivity contribution in [3.8, 4) is 0 Å². The van der Waals surface area contributed by atoms with E-state index in [0.717, 1.165) is 31.8 Å². The molecule has 1 fully saturated rings. The molecule has 0 aromatic carbocycles. The van der Waals surface area contributed by atoms with E-state index < -0.39 is 0 Å². The monoisotopic (exact) mass is 213 g/mol. The summed E-state index contributed by atoms with van der Waals surface area (Å²) >= 11 is 0. The molecule has 0 N–H and O–H groups in total. The van der Waals surface area contributed by atoms with Gasteiger partial charge in [-0.15, -0.1) is 0 Å². The first-order valence-corrected chi connectivity index (χ1v) is 6.21. The van der Waals surface area contributed by atoms with Gasteiger partial charge in [-0.3, -0.25) is 4.79 Å². The van der Waals surface area contributed by atoms with E-state index in [2.05, 4.69) is 20.8 Å². The number of piperidine rings is 1. The maximum absolute atomic E-state index is 11.1. The zero-order chi connectivity index (χ0) is 12.1. The Kier molecular flexibility index (Phi) is 5.92. The van der Waals surface area contributed by atoms with Gasteiger partial charge in [-0.1, -0.05) is 34.6 Å². The quantitative estimate of drug-likeness (QED) is 0.654. The van der Waals surface area contributed by atoms with Crippen molar-refractivity contribution in [3.63, 3.8) is 0 Å². The Morgan fingerprint density at radius 3 is 1.87 bits per heavy atom. The molecule has 0 aliphatic carbocycles. The molecule has 90 valence electrons. The molecule has 0 bridgehead atoms. The Hall–Kier alpha value is -0.530. The largest absolute Gasteiger partial charge is 0.343 e. The van der Waals surface area contributed by atoms with Crippen molar-refractivity contribution in [2.24, 2.45) is 11.3 Å². The van der Waals surface area contributed by atoms with E-state index in [1.807, 2.05) is 18.7 Å². The minimum absolute atomic E-state index is 0.228. The number of carbonyl (C=O) groups excluding carboxylic acids is 1. The van der Waals surface area contributed by atoms with Gasteiger partial charge in [0, 0.05) is 20.0 Å². The predicted molar refractivity (Wildman–Crippen MR) is 65.8 cm³/mol. The van der Waals surface area contributed by atoms with Crippen molar-refractivity contribution in [3.05, 3.63) is 0 Å². The molecule has 1 rings (SSSR count). The van der Waals surface area contributed by atoms with E-state index in [1.165, 1.54) is 0 Å². The topological polar surface area (TPSA) is 20.3 Å². The van der Waals surface area contributed by atoms with Gasteiger partial charge < -0.3 is 4.90 Å². The second-order valence-electron chi connectivity index (χ2n) is 4.81. The van der Waals surface area contributed by atoms with Crippen molar-refractivity contribution >= 4 is 5.91 Å². The lowest BCUT2D eigenvalue weighted by molar-refractivity contribution is -0.131. The second kappa shape index (κ2) is 6.14. The van der Waals surface area contributed by atoms with Crippen molar-refractivity contribution in [1.29, 1.82) is 0 Å². The van der Waals surface area contributed by atoms with Crippen LogP contribution in [0.25, 0.3) is 0 Å². The fraction of sp³-hybridized carbons (Fsp3) is 0.923. The number of hydrogen-bond acceptors (Lipinski definition) is 1. The first kappa shape index (κ1) is 14.5. The van der Waals surface area contributed by atoms with Crippen LogP contribution in [0.3, 0.4) is 0 Å². The summed E-state index contributed by atoms with van der Waals surface area (Å²) in [6.07, 6.45) is 2.31. The minimum atomic E-state index is 0.228. The van der Waals surface area contributed by atoms with Gasteiger partial charge >= 0.3 is 0 Å². The standard InChI is InChI=1S/C11H21NO.C2H6/c1-9(2)11(4)5-7-12(8-6-11)10(3)13;1-2/h9H,5-8H2,1-4H3;1-2H3. The van der Waals surface area contributed by atoms with Gasteiger partial charge in [-0.05, 0) is 24.2 Å². The van der Waals surface area contributed by atoms with Crippen LogP contribution in [-0.2, 0) is 4.79 Å². The van der Waals surface area contributed by atoms with Crippen LogP contribution in [0.5, 0.6) is 0 Å². The number of carbonyl (C=O) groups is 1. The molecule has 2 heteroatoms. The van der Waals surface area contributed by atoms with Crippen LogP contribution in [0, 0.1) is 11.3 Å². The summed E-state index contributed by atoms with van der Waals surface area (Å²) in [6, 6.07) is 0. The zero-order valence-electron chi connectivity index (χ0n) is 11.3. The van der Waals surface area contributed by atoms with Gasteiger partial charge in [0.05, 0.1) is 0 Å².